The van der Waals surface area contributed by atoms with Crippen LogP contribution in [0.1, 0.15) is 18.9 Å². The van der Waals surface area contributed by atoms with Gasteiger partial charge in [-0.05, 0) is 25.0 Å². The number of aliphatic hydroxyl groups excluding tert-OH is 1. The number of nitrogens with zero attached hydrogens (tertiary/aromatic N) is 1. The van der Waals surface area contributed by atoms with E-state index in [2.05, 4.69) is 0 Å². The summed E-state index contributed by atoms with van der Waals surface area (Å²) in [7, 11) is 1.70. The minimum absolute atomic E-state index is 0.0224. The Labute approximate surface area is 102 Å². The predicted octanol–water partition coefficient (Wildman–Crippen LogP) is 1.04. The Morgan fingerprint density at radius 3 is 2.71 bits per heavy atom. The average Bonchev–Trinajstić information content (AvgIpc) is 2.26. The molecule has 4 nitrogen and oxygen atoms in total. The van der Waals surface area contributed by atoms with Crippen LogP contribution < -0.4 is 5.73 Å². The quantitative estimate of drug-likeness (QED) is 0.751. The summed E-state index contributed by atoms with van der Waals surface area (Å²) in [6, 6.07) is 7.55. The number of aryl methyl sites for hydroxylation is 1. The number of para-hydroxylation sites is 1. The van der Waals surface area contributed by atoms with Crippen LogP contribution >= 0.6 is 0 Å². The minimum atomic E-state index is -0.495. The molecule has 0 fully saturated rings. The SMILES string of the molecule is CC(O)CN(C)C(=O)CCc1ccccc1N. The maximum absolute atomic E-state index is 11.7. The molecular weight excluding hydrogens is 216 g/mol. The van der Waals surface area contributed by atoms with E-state index >= 15 is 0 Å². The molecule has 1 atom stereocenters. The van der Waals surface area contributed by atoms with Crippen molar-refractivity contribution < 1.29 is 9.90 Å². The fourth-order valence-electron chi connectivity index (χ4n) is 1.69. The van der Waals surface area contributed by atoms with E-state index in [9.17, 15) is 9.90 Å². The van der Waals surface area contributed by atoms with Crippen LogP contribution in [-0.4, -0.2) is 35.6 Å². The monoisotopic (exact) mass is 236 g/mol. The third-order valence-electron chi connectivity index (χ3n) is 2.63. The van der Waals surface area contributed by atoms with Crippen LogP contribution in [0.25, 0.3) is 0 Å². The lowest BCUT2D eigenvalue weighted by Crippen LogP contribution is -2.33. The van der Waals surface area contributed by atoms with Crippen molar-refractivity contribution in [3.8, 4) is 0 Å². The van der Waals surface area contributed by atoms with E-state index in [1.807, 2.05) is 24.3 Å². The molecule has 0 bridgehead atoms. The van der Waals surface area contributed by atoms with Gasteiger partial charge in [-0.2, -0.15) is 0 Å². The summed E-state index contributed by atoms with van der Waals surface area (Å²) < 4.78 is 0. The smallest absolute Gasteiger partial charge is 0.222 e. The second-order valence-electron chi connectivity index (χ2n) is 4.32. The normalized spacial score (nSPS) is 12.2. The first-order valence-electron chi connectivity index (χ1n) is 5.76. The molecule has 1 amide bonds. The third-order valence-corrected chi connectivity index (χ3v) is 2.63. The molecule has 0 aliphatic carbocycles. The molecule has 0 saturated heterocycles. The van der Waals surface area contributed by atoms with Gasteiger partial charge < -0.3 is 15.7 Å². The lowest BCUT2D eigenvalue weighted by atomic mass is 10.1. The molecule has 4 heteroatoms. The number of aliphatic hydroxyl groups is 1. The highest BCUT2D eigenvalue weighted by atomic mass is 16.3. The number of carbonyl (C=O) groups excluding carboxylic acids is 1. The Balaban J connectivity index is 2.46. The number of rotatable bonds is 5. The van der Waals surface area contributed by atoms with E-state index in [1.165, 1.54) is 0 Å². The fourth-order valence-corrected chi connectivity index (χ4v) is 1.69. The molecular formula is C13H20N2O2. The van der Waals surface area contributed by atoms with Crippen LogP contribution in [0.5, 0.6) is 0 Å². The molecule has 94 valence electrons. The molecule has 0 radical (unpaired) electrons. The number of hydrogen-bond acceptors (Lipinski definition) is 3. The first kappa shape index (κ1) is 13.5. The number of hydrogen-bond donors (Lipinski definition) is 2. The van der Waals surface area contributed by atoms with Gasteiger partial charge in [0.25, 0.3) is 0 Å². The highest BCUT2D eigenvalue weighted by Crippen LogP contribution is 2.13. The summed E-state index contributed by atoms with van der Waals surface area (Å²) in [5, 5.41) is 9.19. The van der Waals surface area contributed by atoms with Crippen molar-refractivity contribution in [2.24, 2.45) is 0 Å². The van der Waals surface area contributed by atoms with Crippen molar-refractivity contribution in [3.63, 3.8) is 0 Å². The highest BCUT2D eigenvalue weighted by molar-refractivity contribution is 5.76. The number of nitrogens with two attached hydrogens (primary N) is 1. The standard InChI is InChI=1S/C13H20N2O2/c1-10(16)9-15(2)13(17)8-7-11-5-3-4-6-12(11)14/h3-6,10,16H,7-9,14H2,1-2H3. The maximum atomic E-state index is 11.7. The van der Waals surface area contributed by atoms with Gasteiger partial charge in [0.15, 0.2) is 0 Å². The van der Waals surface area contributed by atoms with Gasteiger partial charge in [-0.3, -0.25) is 4.79 Å². The lowest BCUT2D eigenvalue weighted by Gasteiger charge is -2.18. The van der Waals surface area contributed by atoms with E-state index in [0.29, 0.717) is 19.4 Å². The van der Waals surface area contributed by atoms with Crippen molar-refractivity contribution in [1.82, 2.24) is 4.90 Å². The van der Waals surface area contributed by atoms with Crippen molar-refractivity contribution in [2.45, 2.75) is 25.9 Å². The fraction of sp³-hybridized carbons (Fsp3) is 0.462. The minimum Gasteiger partial charge on any atom is -0.399 e. The van der Waals surface area contributed by atoms with Crippen LogP contribution in [0.2, 0.25) is 0 Å². The summed E-state index contributed by atoms with van der Waals surface area (Å²) in [5.74, 6) is 0.0224. The predicted molar refractivity (Wildman–Crippen MR) is 68.5 cm³/mol. The van der Waals surface area contributed by atoms with Crippen molar-refractivity contribution in [3.05, 3.63) is 29.8 Å². The molecule has 1 aromatic carbocycles. The molecule has 0 heterocycles. The molecule has 1 aromatic rings. The van der Waals surface area contributed by atoms with Gasteiger partial charge in [-0.1, -0.05) is 18.2 Å². The van der Waals surface area contributed by atoms with Gasteiger partial charge >= 0.3 is 0 Å². The summed E-state index contributed by atoms with van der Waals surface area (Å²) in [5.41, 5.74) is 7.51. The Morgan fingerprint density at radius 2 is 2.12 bits per heavy atom. The summed E-state index contributed by atoms with van der Waals surface area (Å²) in [4.78, 5) is 13.3. The zero-order valence-corrected chi connectivity index (χ0v) is 10.4. The van der Waals surface area contributed by atoms with Gasteiger partial charge in [-0.25, -0.2) is 0 Å². The van der Waals surface area contributed by atoms with Crippen molar-refractivity contribution >= 4 is 11.6 Å². The lowest BCUT2D eigenvalue weighted by molar-refractivity contribution is -0.131. The second-order valence-corrected chi connectivity index (χ2v) is 4.32. The average molecular weight is 236 g/mol. The number of benzene rings is 1. The van der Waals surface area contributed by atoms with E-state index in [1.54, 1.807) is 18.9 Å². The summed E-state index contributed by atoms with van der Waals surface area (Å²) in [6.45, 7) is 2.03. The van der Waals surface area contributed by atoms with Gasteiger partial charge in [0.1, 0.15) is 0 Å². The number of nitrogen functional groups attached to an aromatic ring is 1. The Morgan fingerprint density at radius 1 is 1.47 bits per heavy atom. The molecule has 0 aliphatic rings. The van der Waals surface area contributed by atoms with Crippen LogP contribution in [0.4, 0.5) is 5.69 Å². The number of carbonyl (C=O) groups is 1. The van der Waals surface area contributed by atoms with E-state index in [0.717, 1.165) is 11.3 Å². The molecule has 17 heavy (non-hydrogen) atoms. The Kier molecular flexibility index (Phi) is 4.97. The highest BCUT2D eigenvalue weighted by Gasteiger charge is 2.11. The molecule has 3 N–H and O–H groups in total. The van der Waals surface area contributed by atoms with Crippen LogP contribution in [0.15, 0.2) is 24.3 Å². The van der Waals surface area contributed by atoms with Crippen LogP contribution in [0, 0.1) is 0 Å². The van der Waals surface area contributed by atoms with Gasteiger partial charge in [0.2, 0.25) is 5.91 Å². The van der Waals surface area contributed by atoms with Crippen LogP contribution in [0.3, 0.4) is 0 Å². The molecule has 1 rings (SSSR count). The first-order valence-corrected chi connectivity index (χ1v) is 5.76. The van der Waals surface area contributed by atoms with Gasteiger partial charge in [0.05, 0.1) is 6.10 Å². The summed E-state index contributed by atoms with van der Waals surface area (Å²) >= 11 is 0. The van der Waals surface area contributed by atoms with E-state index < -0.39 is 6.10 Å². The molecule has 0 spiro atoms. The van der Waals surface area contributed by atoms with E-state index in [4.69, 9.17) is 5.73 Å². The van der Waals surface area contributed by atoms with Crippen molar-refractivity contribution in [2.75, 3.05) is 19.3 Å². The molecule has 0 aliphatic heterocycles. The Hall–Kier alpha value is -1.55. The second kappa shape index (κ2) is 6.25. The molecule has 0 aromatic heterocycles. The largest absolute Gasteiger partial charge is 0.399 e. The molecule has 1 unspecified atom stereocenters. The maximum Gasteiger partial charge on any atom is 0.222 e. The van der Waals surface area contributed by atoms with Gasteiger partial charge in [0, 0.05) is 25.7 Å². The van der Waals surface area contributed by atoms with E-state index in [-0.39, 0.29) is 5.91 Å². The molecule has 0 saturated carbocycles. The number of likely N-dealkylation sites (N-methyl/N-ethyl adjacent to an activating group) is 1. The number of amides is 1. The summed E-state index contributed by atoms with van der Waals surface area (Å²) in [6.07, 6.45) is 0.554. The Bertz CT molecular complexity index is 377. The van der Waals surface area contributed by atoms with Crippen LogP contribution in [-0.2, 0) is 11.2 Å². The van der Waals surface area contributed by atoms with Crippen molar-refractivity contribution in [1.29, 1.82) is 0 Å². The zero-order valence-electron chi connectivity index (χ0n) is 10.4. The topological polar surface area (TPSA) is 66.6 Å². The third kappa shape index (κ3) is 4.44. The number of anilines is 1. The first-order chi connectivity index (χ1) is 8.00. The zero-order chi connectivity index (χ0) is 12.8. The van der Waals surface area contributed by atoms with Gasteiger partial charge in [-0.15, -0.1) is 0 Å².